The fraction of sp³-hybridized carbons (Fsp3) is 0.800. The maximum absolute atomic E-state index is 12.3. The van der Waals surface area contributed by atoms with Crippen LogP contribution in [-0.2, 0) is 4.79 Å². The van der Waals surface area contributed by atoms with Gasteiger partial charge in [-0.3, -0.25) is 4.79 Å². The lowest BCUT2D eigenvalue weighted by molar-refractivity contribution is -0.123. The predicted octanol–water partition coefficient (Wildman–Crippen LogP) is 1.33. The lowest BCUT2D eigenvalue weighted by Gasteiger charge is -2.14. The van der Waals surface area contributed by atoms with Crippen molar-refractivity contribution in [2.75, 3.05) is 6.61 Å². The third-order valence-electron chi connectivity index (χ3n) is 5.77. The van der Waals surface area contributed by atoms with Crippen LogP contribution in [0.3, 0.4) is 0 Å². The Hall–Kier alpha value is -0.830. The number of rotatable bonds is 3. The molecule has 3 saturated carbocycles. The summed E-state index contributed by atoms with van der Waals surface area (Å²) in [5.41, 5.74) is 0. The zero-order valence-corrected chi connectivity index (χ0v) is 10.6. The Morgan fingerprint density at radius 3 is 2.50 bits per heavy atom. The summed E-state index contributed by atoms with van der Waals surface area (Å²) >= 11 is 0. The number of amides is 1. The van der Waals surface area contributed by atoms with Crippen molar-refractivity contribution in [3.63, 3.8) is 0 Å². The van der Waals surface area contributed by atoms with Gasteiger partial charge in [-0.2, -0.15) is 0 Å². The highest BCUT2D eigenvalue weighted by atomic mass is 16.3. The SMILES string of the molecule is O=C(N[C@@H]1C=C[C@H](CO)C1)C1C2C3CCC(C3)C12. The van der Waals surface area contributed by atoms with Crippen molar-refractivity contribution >= 4 is 5.91 Å². The number of hydrogen-bond acceptors (Lipinski definition) is 2. The van der Waals surface area contributed by atoms with Crippen LogP contribution < -0.4 is 5.32 Å². The molecule has 6 atom stereocenters. The number of hydrogen-bond donors (Lipinski definition) is 2. The first-order valence-corrected chi connectivity index (χ1v) is 7.37. The molecule has 0 radical (unpaired) electrons. The summed E-state index contributed by atoms with van der Waals surface area (Å²) in [4.78, 5) is 12.3. The van der Waals surface area contributed by atoms with Gasteiger partial charge in [0.25, 0.3) is 0 Å². The van der Waals surface area contributed by atoms with E-state index in [9.17, 15) is 4.79 Å². The largest absolute Gasteiger partial charge is 0.396 e. The van der Waals surface area contributed by atoms with E-state index in [0.717, 1.165) is 30.1 Å². The summed E-state index contributed by atoms with van der Waals surface area (Å²) in [7, 11) is 0. The summed E-state index contributed by atoms with van der Waals surface area (Å²) in [6, 6.07) is 0.161. The number of fused-ring (bicyclic) bond motifs is 5. The first-order valence-electron chi connectivity index (χ1n) is 7.37. The molecule has 0 aromatic rings. The highest BCUT2D eigenvalue weighted by Gasteiger charge is 2.67. The lowest BCUT2D eigenvalue weighted by atomic mass is 10.0. The Kier molecular flexibility index (Phi) is 2.35. The highest BCUT2D eigenvalue weighted by molar-refractivity contribution is 5.83. The molecule has 4 unspecified atom stereocenters. The van der Waals surface area contributed by atoms with Crippen molar-refractivity contribution in [3.8, 4) is 0 Å². The molecular formula is C15H21NO2. The molecule has 3 fully saturated rings. The molecule has 3 nitrogen and oxygen atoms in total. The van der Waals surface area contributed by atoms with Crippen LogP contribution in [-0.4, -0.2) is 23.7 Å². The molecule has 0 heterocycles. The van der Waals surface area contributed by atoms with E-state index >= 15 is 0 Å². The molecule has 0 aromatic carbocycles. The predicted molar refractivity (Wildman–Crippen MR) is 67.6 cm³/mol. The Morgan fingerprint density at radius 1 is 1.17 bits per heavy atom. The van der Waals surface area contributed by atoms with Crippen LogP contribution in [0.25, 0.3) is 0 Å². The number of carbonyl (C=O) groups excluding carboxylic acids is 1. The van der Waals surface area contributed by atoms with E-state index in [1.165, 1.54) is 19.3 Å². The minimum atomic E-state index is 0.161. The van der Waals surface area contributed by atoms with Gasteiger partial charge in [-0.25, -0.2) is 0 Å². The summed E-state index contributed by atoms with van der Waals surface area (Å²) in [6.07, 6.45) is 9.08. The Bertz CT molecular complexity index is 389. The minimum Gasteiger partial charge on any atom is -0.396 e. The van der Waals surface area contributed by atoms with Crippen LogP contribution in [0.2, 0.25) is 0 Å². The molecule has 0 saturated heterocycles. The first-order chi connectivity index (χ1) is 8.78. The van der Waals surface area contributed by atoms with E-state index in [2.05, 4.69) is 5.32 Å². The van der Waals surface area contributed by atoms with E-state index in [4.69, 9.17) is 5.11 Å². The molecular weight excluding hydrogens is 226 g/mol. The van der Waals surface area contributed by atoms with Crippen LogP contribution in [0.1, 0.15) is 25.7 Å². The van der Waals surface area contributed by atoms with Gasteiger partial charge in [0.05, 0.1) is 0 Å². The van der Waals surface area contributed by atoms with Gasteiger partial charge in [-0.15, -0.1) is 0 Å². The van der Waals surface area contributed by atoms with Crippen LogP contribution in [0.5, 0.6) is 0 Å². The highest BCUT2D eigenvalue weighted by Crippen LogP contribution is 2.69. The minimum absolute atomic E-state index is 0.161. The molecule has 2 bridgehead atoms. The van der Waals surface area contributed by atoms with Crippen LogP contribution >= 0.6 is 0 Å². The van der Waals surface area contributed by atoms with Crippen molar-refractivity contribution in [3.05, 3.63) is 12.2 Å². The fourth-order valence-electron chi connectivity index (χ4n) is 4.97. The second-order valence-corrected chi connectivity index (χ2v) is 6.69. The Morgan fingerprint density at radius 2 is 1.89 bits per heavy atom. The third-order valence-corrected chi connectivity index (χ3v) is 5.77. The summed E-state index contributed by atoms with van der Waals surface area (Å²) in [5.74, 6) is 4.03. The molecule has 1 amide bonds. The first kappa shape index (κ1) is 11.0. The quantitative estimate of drug-likeness (QED) is 0.739. The summed E-state index contributed by atoms with van der Waals surface area (Å²) in [5, 5.41) is 12.3. The average Bonchev–Trinajstić information content (AvgIpc) is 2.73. The van der Waals surface area contributed by atoms with Gasteiger partial charge in [0, 0.05) is 24.5 Å². The van der Waals surface area contributed by atoms with Crippen molar-refractivity contribution < 1.29 is 9.90 Å². The van der Waals surface area contributed by atoms with Crippen molar-refractivity contribution in [1.82, 2.24) is 5.32 Å². The van der Waals surface area contributed by atoms with E-state index in [-0.39, 0.29) is 24.5 Å². The molecule has 0 aromatic heterocycles. The number of carbonyl (C=O) groups is 1. The summed E-state index contributed by atoms with van der Waals surface area (Å²) < 4.78 is 0. The zero-order valence-electron chi connectivity index (χ0n) is 10.6. The molecule has 0 aliphatic heterocycles. The number of aliphatic hydroxyl groups is 1. The van der Waals surface area contributed by atoms with Gasteiger partial charge in [0.1, 0.15) is 0 Å². The number of nitrogens with one attached hydrogen (secondary N) is 1. The van der Waals surface area contributed by atoms with Crippen molar-refractivity contribution in [2.45, 2.75) is 31.7 Å². The average molecular weight is 247 g/mol. The molecule has 3 heteroatoms. The van der Waals surface area contributed by atoms with Crippen molar-refractivity contribution in [2.24, 2.45) is 35.5 Å². The zero-order chi connectivity index (χ0) is 12.3. The van der Waals surface area contributed by atoms with Crippen LogP contribution in [0, 0.1) is 35.5 Å². The Balaban J connectivity index is 1.35. The second-order valence-electron chi connectivity index (χ2n) is 6.69. The molecule has 4 rings (SSSR count). The molecule has 4 aliphatic rings. The van der Waals surface area contributed by atoms with Crippen LogP contribution in [0.4, 0.5) is 0 Å². The van der Waals surface area contributed by atoms with Gasteiger partial charge >= 0.3 is 0 Å². The van der Waals surface area contributed by atoms with E-state index in [1.807, 2.05) is 12.2 Å². The topological polar surface area (TPSA) is 49.3 Å². The molecule has 98 valence electrons. The maximum Gasteiger partial charge on any atom is 0.224 e. The van der Waals surface area contributed by atoms with Gasteiger partial charge in [-0.1, -0.05) is 12.2 Å². The normalized spacial score (nSPS) is 51.5. The molecule has 2 N–H and O–H groups in total. The second kappa shape index (κ2) is 3.83. The van der Waals surface area contributed by atoms with Crippen molar-refractivity contribution in [1.29, 1.82) is 0 Å². The monoisotopic (exact) mass is 247 g/mol. The van der Waals surface area contributed by atoms with Gasteiger partial charge in [0.15, 0.2) is 0 Å². The van der Waals surface area contributed by atoms with Gasteiger partial charge in [0.2, 0.25) is 5.91 Å². The molecule has 18 heavy (non-hydrogen) atoms. The lowest BCUT2D eigenvalue weighted by Crippen LogP contribution is -2.35. The van der Waals surface area contributed by atoms with E-state index < -0.39 is 0 Å². The molecule has 0 spiro atoms. The van der Waals surface area contributed by atoms with E-state index in [1.54, 1.807) is 0 Å². The van der Waals surface area contributed by atoms with Crippen LogP contribution in [0.15, 0.2) is 12.2 Å². The number of aliphatic hydroxyl groups excluding tert-OH is 1. The molecule has 4 aliphatic carbocycles. The van der Waals surface area contributed by atoms with Gasteiger partial charge in [-0.05, 0) is 49.4 Å². The smallest absolute Gasteiger partial charge is 0.224 e. The standard InChI is InChI=1S/C15H21NO2/c17-7-8-1-4-11(5-8)16-15(18)14-12-9-2-3-10(6-9)13(12)14/h1,4,8-14,17H,2-3,5-7H2,(H,16,18)/t8-,9?,10?,11+,12?,13?,14?/m0/s1. The Labute approximate surface area is 108 Å². The maximum atomic E-state index is 12.3. The summed E-state index contributed by atoms with van der Waals surface area (Å²) in [6.45, 7) is 0.196. The third kappa shape index (κ3) is 1.49. The van der Waals surface area contributed by atoms with E-state index in [0.29, 0.717) is 5.92 Å². The van der Waals surface area contributed by atoms with Gasteiger partial charge < -0.3 is 10.4 Å². The fourth-order valence-corrected chi connectivity index (χ4v) is 4.97.